The highest BCUT2D eigenvalue weighted by molar-refractivity contribution is 6.02. The lowest BCUT2D eigenvalue weighted by Gasteiger charge is -2.22. The number of rotatable bonds is 4. The molecule has 3 aromatic rings. The van der Waals surface area contributed by atoms with E-state index in [1.807, 2.05) is 85.9 Å². The van der Waals surface area contributed by atoms with Crippen LogP contribution in [0.4, 0.5) is 0 Å². The van der Waals surface area contributed by atoms with Crippen LogP contribution in [-0.2, 0) is 0 Å². The summed E-state index contributed by atoms with van der Waals surface area (Å²) < 4.78 is 1.21. The Morgan fingerprint density at radius 1 is 0.731 bits per heavy atom. The van der Waals surface area contributed by atoms with Crippen LogP contribution in [0, 0.1) is 5.21 Å². The van der Waals surface area contributed by atoms with Crippen molar-refractivity contribution in [1.82, 2.24) is 5.32 Å². The van der Waals surface area contributed by atoms with Crippen molar-refractivity contribution < 1.29 is 4.74 Å². The van der Waals surface area contributed by atoms with Crippen molar-refractivity contribution in [2.45, 2.75) is 18.0 Å². The first-order valence-electron chi connectivity index (χ1n) is 8.97. The first-order valence-corrected chi connectivity index (χ1v) is 8.97. The van der Waals surface area contributed by atoms with E-state index < -0.39 is 0 Å². The maximum atomic E-state index is 13.5. The molecule has 3 heteroatoms. The van der Waals surface area contributed by atoms with E-state index in [-0.39, 0.29) is 18.0 Å². The standard InChI is InChI=1S/C23H22N2O/c1-24-21-20(17-11-5-2-6-12-17)22(18-13-7-3-8-14-18)25(26)23(21)19-15-9-4-10-16-19/h2-16,20-22,24H,1H3. The van der Waals surface area contributed by atoms with E-state index in [2.05, 4.69) is 17.4 Å². The van der Waals surface area contributed by atoms with Gasteiger partial charge < -0.3 is 10.5 Å². The molecule has 3 unspecified atom stereocenters. The third-order valence-corrected chi connectivity index (χ3v) is 5.19. The third kappa shape index (κ3) is 2.80. The van der Waals surface area contributed by atoms with Gasteiger partial charge in [-0.3, -0.25) is 0 Å². The van der Waals surface area contributed by atoms with Crippen LogP contribution in [0.5, 0.6) is 0 Å². The maximum absolute atomic E-state index is 13.5. The minimum absolute atomic E-state index is 0.0382. The van der Waals surface area contributed by atoms with E-state index in [0.29, 0.717) is 0 Å². The topological polar surface area (TPSA) is 38.1 Å². The van der Waals surface area contributed by atoms with E-state index in [1.54, 1.807) is 0 Å². The van der Waals surface area contributed by atoms with E-state index in [9.17, 15) is 5.21 Å². The molecular weight excluding hydrogens is 320 g/mol. The molecule has 0 amide bonds. The van der Waals surface area contributed by atoms with Crippen molar-refractivity contribution in [3.63, 3.8) is 0 Å². The SMILES string of the molecule is CNC1C(c2ccccc2)=[N+]([O-])C(c2ccccc2)C1c1ccccc1. The summed E-state index contributed by atoms with van der Waals surface area (Å²) >= 11 is 0. The Balaban J connectivity index is 1.90. The molecule has 0 aliphatic carbocycles. The van der Waals surface area contributed by atoms with Crippen LogP contribution in [0.15, 0.2) is 91.0 Å². The molecular formula is C23H22N2O. The monoisotopic (exact) mass is 342 g/mol. The molecule has 0 aromatic heterocycles. The Bertz CT molecular complexity index is 891. The minimum Gasteiger partial charge on any atom is -0.623 e. The predicted octanol–water partition coefficient (Wildman–Crippen LogP) is 4.11. The first kappa shape index (κ1) is 16.6. The molecule has 0 saturated heterocycles. The van der Waals surface area contributed by atoms with E-state index in [0.717, 1.165) is 16.8 Å². The minimum atomic E-state index is -0.258. The lowest BCUT2D eigenvalue weighted by Crippen LogP contribution is -2.37. The molecule has 1 aliphatic heterocycles. The number of nitrogens with zero attached hydrogens (tertiary/aromatic N) is 1. The Hall–Kier alpha value is -2.91. The zero-order valence-corrected chi connectivity index (χ0v) is 14.7. The van der Waals surface area contributed by atoms with Crippen molar-refractivity contribution >= 4 is 5.71 Å². The smallest absolute Gasteiger partial charge is 0.212 e. The van der Waals surface area contributed by atoms with E-state index in [4.69, 9.17) is 0 Å². The second-order valence-corrected chi connectivity index (χ2v) is 6.64. The summed E-state index contributed by atoms with van der Waals surface area (Å²) in [7, 11) is 1.94. The van der Waals surface area contributed by atoms with Gasteiger partial charge in [0, 0.05) is 11.1 Å². The van der Waals surface area contributed by atoms with Gasteiger partial charge >= 0.3 is 0 Å². The summed E-state index contributed by atoms with van der Waals surface area (Å²) in [4.78, 5) is 0. The van der Waals surface area contributed by atoms with E-state index >= 15 is 0 Å². The maximum Gasteiger partial charge on any atom is 0.212 e. The fourth-order valence-corrected chi connectivity index (χ4v) is 4.06. The van der Waals surface area contributed by atoms with Crippen LogP contribution in [0.2, 0.25) is 0 Å². The lowest BCUT2D eigenvalue weighted by molar-refractivity contribution is -0.501. The average molecular weight is 342 g/mol. The molecule has 4 rings (SSSR count). The van der Waals surface area contributed by atoms with Gasteiger partial charge in [0.25, 0.3) is 0 Å². The van der Waals surface area contributed by atoms with Gasteiger partial charge in [-0.25, -0.2) is 0 Å². The molecule has 26 heavy (non-hydrogen) atoms. The van der Waals surface area contributed by atoms with Crippen molar-refractivity contribution in [3.8, 4) is 0 Å². The van der Waals surface area contributed by atoms with E-state index in [1.165, 1.54) is 10.3 Å². The zero-order valence-electron chi connectivity index (χ0n) is 14.7. The van der Waals surface area contributed by atoms with Crippen LogP contribution in [0.25, 0.3) is 0 Å². The van der Waals surface area contributed by atoms with Crippen LogP contribution >= 0.6 is 0 Å². The van der Waals surface area contributed by atoms with Gasteiger partial charge in [0.1, 0.15) is 6.04 Å². The van der Waals surface area contributed by atoms with Crippen LogP contribution < -0.4 is 5.32 Å². The lowest BCUT2D eigenvalue weighted by atomic mass is 9.82. The number of benzene rings is 3. The molecule has 1 aliphatic rings. The summed E-state index contributed by atoms with van der Waals surface area (Å²) in [5.41, 5.74) is 3.99. The normalized spacial score (nSPS) is 22.6. The number of hydrogen-bond donors (Lipinski definition) is 1. The molecule has 0 bridgehead atoms. The Morgan fingerprint density at radius 3 is 1.77 bits per heavy atom. The molecule has 1 heterocycles. The Morgan fingerprint density at radius 2 is 1.23 bits per heavy atom. The molecule has 3 aromatic carbocycles. The first-order chi connectivity index (χ1) is 12.8. The quantitative estimate of drug-likeness (QED) is 0.572. The third-order valence-electron chi connectivity index (χ3n) is 5.19. The second kappa shape index (κ2) is 7.14. The highest BCUT2D eigenvalue weighted by Crippen LogP contribution is 2.42. The van der Waals surface area contributed by atoms with Gasteiger partial charge in [-0.15, -0.1) is 0 Å². The highest BCUT2D eigenvalue weighted by Gasteiger charge is 2.49. The highest BCUT2D eigenvalue weighted by atomic mass is 16.5. The van der Waals surface area contributed by atoms with Gasteiger partial charge in [-0.1, -0.05) is 78.9 Å². The summed E-state index contributed by atoms with van der Waals surface area (Å²) in [5, 5.41) is 16.9. The predicted molar refractivity (Wildman–Crippen MR) is 105 cm³/mol. The van der Waals surface area contributed by atoms with Crippen molar-refractivity contribution in [2.75, 3.05) is 7.05 Å². The summed E-state index contributed by atoms with van der Waals surface area (Å²) in [6.45, 7) is 0. The van der Waals surface area contributed by atoms with Gasteiger partial charge in [-0.05, 0) is 24.7 Å². The van der Waals surface area contributed by atoms with Crippen LogP contribution in [-0.4, -0.2) is 23.5 Å². The number of hydroxylamine groups is 1. The number of hydrogen-bond acceptors (Lipinski definition) is 2. The molecule has 3 nitrogen and oxygen atoms in total. The summed E-state index contributed by atoms with van der Waals surface area (Å²) in [5.74, 6) is 0.0382. The molecule has 0 spiro atoms. The number of likely N-dealkylation sites (N-methyl/N-ethyl adjacent to an activating group) is 1. The zero-order chi connectivity index (χ0) is 17.9. The molecule has 1 N–H and O–H groups in total. The van der Waals surface area contributed by atoms with Crippen molar-refractivity contribution in [3.05, 3.63) is 113 Å². The fraction of sp³-hybridized carbons (Fsp3) is 0.174. The molecule has 0 fully saturated rings. The van der Waals surface area contributed by atoms with Gasteiger partial charge in [-0.2, -0.15) is 4.74 Å². The summed E-state index contributed by atoms with van der Waals surface area (Å²) in [6.07, 6.45) is 0. The van der Waals surface area contributed by atoms with Gasteiger partial charge in [0.15, 0.2) is 6.04 Å². The van der Waals surface area contributed by atoms with Crippen LogP contribution in [0.3, 0.4) is 0 Å². The average Bonchev–Trinajstić information content (AvgIpc) is 3.02. The molecule has 0 saturated carbocycles. The second-order valence-electron chi connectivity index (χ2n) is 6.64. The summed E-state index contributed by atoms with van der Waals surface area (Å²) in [6, 6.07) is 30.1. The van der Waals surface area contributed by atoms with Crippen molar-refractivity contribution in [2.24, 2.45) is 0 Å². The largest absolute Gasteiger partial charge is 0.623 e. The number of nitrogens with one attached hydrogen (secondary N) is 1. The Labute approximate surface area is 154 Å². The van der Waals surface area contributed by atoms with Crippen LogP contribution in [0.1, 0.15) is 28.7 Å². The van der Waals surface area contributed by atoms with Crippen molar-refractivity contribution in [1.29, 1.82) is 0 Å². The molecule has 3 atom stereocenters. The fourth-order valence-electron chi connectivity index (χ4n) is 4.06. The molecule has 0 radical (unpaired) electrons. The molecule has 130 valence electrons. The Kier molecular flexibility index (Phi) is 4.55. The van der Waals surface area contributed by atoms with Gasteiger partial charge in [0.05, 0.1) is 5.92 Å². The van der Waals surface area contributed by atoms with Gasteiger partial charge in [0.2, 0.25) is 5.71 Å².